The van der Waals surface area contributed by atoms with Gasteiger partial charge in [-0.05, 0) is 128 Å². The van der Waals surface area contributed by atoms with Crippen molar-refractivity contribution < 1.29 is 0 Å². The number of aryl methyl sites for hydroxylation is 1. The number of nitrogens with zero attached hydrogens (tertiary/aromatic N) is 1. The molecule has 7 aromatic carbocycles. The summed E-state index contributed by atoms with van der Waals surface area (Å²) >= 11 is 0. The van der Waals surface area contributed by atoms with Crippen LogP contribution in [-0.4, -0.2) is 0 Å². The van der Waals surface area contributed by atoms with E-state index in [0.29, 0.717) is 0 Å². The molecule has 0 atom stereocenters. The van der Waals surface area contributed by atoms with Crippen molar-refractivity contribution in [3.8, 4) is 33.4 Å². The Morgan fingerprint density at radius 3 is 1.55 bits per heavy atom. The Morgan fingerprint density at radius 1 is 0.455 bits per heavy atom. The van der Waals surface area contributed by atoms with Gasteiger partial charge >= 0.3 is 0 Å². The molecule has 0 saturated heterocycles. The molecule has 11 rings (SSSR count). The first-order chi connectivity index (χ1) is 26.9. The van der Waals surface area contributed by atoms with Crippen LogP contribution in [0.25, 0.3) is 39.0 Å². The largest absolute Gasteiger partial charge is 0.310 e. The van der Waals surface area contributed by atoms with Crippen molar-refractivity contribution in [3.05, 3.63) is 227 Å². The number of hydrogen-bond acceptors (Lipinski definition) is 1. The summed E-state index contributed by atoms with van der Waals surface area (Å²) in [7, 11) is 0. The van der Waals surface area contributed by atoms with Gasteiger partial charge < -0.3 is 4.90 Å². The van der Waals surface area contributed by atoms with Gasteiger partial charge in [0.2, 0.25) is 0 Å². The van der Waals surface area contributed by atoms with Crippen molar-refractivity contribution in [1.82, 2.24) is 0 Å². The zero-order chi connectivity index (χ0) is 36.9. The Morgan fingerprint density at radius 2 is 0.945 bits per heavy atom. The topological polar surface area (TPSA) is 3.24 Å². The number of rotatable bonds is 4. The minimum atomic E-state index is -0.405. The van der Waals surface area contributed by atoms with E-state index in [4.69, 9.17) is 0 Å². The molecule has 4 aliphatic rings. The second-order valence-corrected chi connectivity index (χ2v) is 16.1. The first kappa shape index (κ1) is 32.0. The molecule has 0 fully saturated rings. The van der Waals surface area contributed by atoms with Gasteiger partial charge in [-0.25, -0.2) is 0 Å². The fourth-order valence-corrected chi connectivity index (χ4v) is 10.3. The predicted molar refractivity (Wildman–Crippen MR) is 230 cm³/mol. The highest BCUT2D eigenvalue weighted by atomic mass is 15.1. The van der Waals surface area contributed by atoms with Gasteiger partial charge in [0.15, 0.2) is 0 Å². The van der Waals surface area contributed by atoms with Gasteiger partial charge in [-0.1, -0.05) is 165 Å². The van der Waals surface area contributed by atoms with E-state index in [-0.39, 0.29) is 5.41 Å². The smallest absolute Gasteiger partial charge is 0.0726 e. The van der Waals surface area contributed by atoms with Crippen LogP contribution in [0, 0.1) is 6.92 Å². The molecule has 262 valence electrons. The Hall–Kier alpha value is -6.44. The summed E-state index contributed by atoms with van der Waals surface area (Å²) in [4.78, 5) is 2.48. The van der Waals surface area contributed by atoms with E-state index in [1.807, 2.05) is 0 Å². The first-order valence-corrected chi connectivity index (χ1v) is 19.6. The minimum Gasteiger partial charge on any atom is -0.310 e. The van der Waals surface area contributed by atoms with Crippen molar-refractivity contribution in [2.45, 2.75) is 38.0 Å². The summed E-state index contributed by atoms with van der Waals surface area (Å²) in [6, 6.07) is 59.6. The number of anilines is 3. The fraction of sp³-hybridized carbons (Fsp3) is 0.111. The van der Waals surface area contributed by atoms with E-state index in [0.717, 1.165) is 17.8 Å². The second kappa shape index (κ2) is 11.8. The zero-order valence-electron chi connectivity index (χ0n) is 31.5. The number of benzene rings is 7. The normalized spacial score (nSPS) is 15.9. The van der Waals surface area contributed by atoms with Crippen LogP contribution < -0.4 is 4.90 Å². The van der Waals surface area contributed by atoms with Crippen LogP contribution in [0.5, 0.6) is 0 Å². The first-order valence-electron chi connectivity index (χ1n) is 19.6. The number of fused-ring (bicyclic) bond motifs is 12. The summed E-state index contributed by atoms with van der Waals surface area (Å²) in [5.41, 5.74) is 23.0. The summed E-state index contributed by atoms with van der Waals surface area (Å²) in [6.07, 6.45) is 9.96. The predicted octanol–water partition coefficient (Wildman–Crippen LogP) is 14.0. The van der Waals surface area contributed by atoms with E-state index < -0.39 is 5.41 Å². The fourth-order valence-electron chi connectivity index (χ4n) is 10.3. The second-order valence-electron chi connectivity index (χ2n) is 16.1. The Kier molecular flexibility index (Phi) is 6.86. The standard InChI is InChI=1S/C54H41N/c1-35-21-23-36(24-22-35)37-25-27-38(28-26-37)55(39-29-31-45-41-13-5-4-6-17-47(41)53(2,3)51(45)33-39)40-30-32-46-44-16-9-12-20-50(44)54(52(46)34-40)48-18-10-7-14-42(48)43-15-8-11-19-49(43)54/h4-16,18-34H,17H2,1-3H3. The maximum atomic E-state index is 2.50. The molecular weight excluding hydrogens is 663 g/mol. The van der Waals surface area contributed by atoms with Crippen LogP contribution in [0.3, 0.4) is 0 Å². The quantitative estimate of drug-likeness (QED) is 0.176. The highest BCUT2D eigenvalue weighted by Crippen LogP contribution is 2.63. The molecule has 0 bridgehead atoms. The molecular formula is C54H41N. The van der Waals surface area contributed by atoms with E-state index in [1.54, 1.807) is 0 Å². The molecule has 0 radical (unpaired) electrons. The van der Waals surface area contributed by atoms with Gasteiger partial charge in [0.1, 0.15) is 0 Å². The van der Waals surface area contributed by atoms with Crippen molar-refractivity contribution in [1.29, 1.82) is 0 Å². The van der Waals surface area contributed by atoms with Gasteiger partial charge in [0, 0.05) is 22.5 Å². The molecule has 0 amide bonds. The summed E-state index contributed by atoms with van der Waals surface area (Å²) in [5.74, 6) is 0. The lowest BCUT2D eigenvalue weighted by Crippen LogP contribution is -2.26. The summed E-state index contributed by atoms with van der Waals surface area (Å²) in [5, 5.41) is 0. The van der Waals surface area contributed by atoms with Crippen molar-refractivity contribution in [2.24, 2.45) is 0 Å². The molecule has 0 N–H and O–H groups in total. The van der Waals surface area contributed by atoms with Gasteiger partial charge in [-0.2, -0.15) is 0 Å². The number of hydrogen-bond donors (Lipinski definition) is 0. The third-order valence-electron chi connectivity index (χ3n) is 12.9. The minimum absolute atomic E-state index is 0.0818. The van der Waals surface area contributed by atoms with Crippen LogP contribution in [0.2, 0.25) is 0 Å². The van der Waals surface area contributed by atoms with Crippen molar-refractivity contribution in [2.75, 3.05) is 4.90 Å². The molecule has 0 unspecified atom stereocenters. The highest BCUT2D eigenvalue weighted by Gasteiger charge is 2.51. The average Bonchev–Trinajstić information content (AvgIpc) is 3.64. The van der Waals surface area contributed by atoms with Crippen LogP contribution >= 0.6 is 0 Å². The third kappa shape index (κ3) is 4.47. The summed E-state index contributed by atoms with van der Waals surface area (Å²) < 4.78 is 0. The van der Waals surface area contributed by atoms with E-state index in [1.165, 1.54) is 89.2 Å². The third-order valence-corrected chi connectivity index (χ3v) is 12.9. The molecule has 0 aromatic heterocycles. The maximum Gasteiger partial charge on any atom is 0.0726 e. The van der Waals surface area contributed by atoms with E-state index >= 15 is 0 Å². The lowest BCUT2D eigenvalue weighted by molar-refractivity contribution is 0.626. The molecule has 0 saturated carbocycles. The summed E-state index contributed by atoms with van der Waals surface area (Å²) in [6.45, 7) is 6.94. The van der Waals surface area contributed by atoms with Crippen LogP contribution in [0.15, 0.2) is 188 Å². The Bertz CT molecular complexity index is 2740. The monoisotopic (exact) mass is 703 g/mol. The van der Waals surface area contributed by atoms with Gasteiger partial charge in [-0.15, -0.1) is 0 Å². The molecule has 55 heavy (non-hydrogen) atoms. The van der Waals surface area contributed by atoms with Crippen molar-refractivity contribution >= 4 is 22.6 Å². The molecule has 1 spiro atoms. The molecule has 7 aromatic rings. The van der Waals surface area contributed by atoms with E-state index in [9.17, 15) is 0 Å². The molecule has 0 heterocycles. The van der Waals surface area contributed by atoms with Crippen LogP contribution in [0.1, 0.15) is 59.2 Å². The SMILES string of the molecule is Cc1ccc(-c2ccc(N(c3ccc4c(c3)C(C)(C)C3=C4C=CC=CC3)c3ccc4c(c3)C3(c5ccccc5-c5ccccc53)c3ccccc3-4)cc2)cc1. The average molecular weight is 704 g/mol. The lowest BCUT2D eigenvalue weighted by Gasteiger charge is -2.32. The van der Waals surface area contributed by atoms with E-state index in [2.05, 4.69) is 208 Å². The van der Waals surface area contributed by atoms with Gasteiger partial charge in [0.25, 0.3) is 0 Å². The highest BCUT2D eigenvalue weighted by molar-refractivity contribution is 5.97. The zero-order valence-corrected chi connectivity index (χ0v) is 31.5. The lowest BCUT2D eigenvalue weighted by atomic mass is 9.70. The Labute approximate surface area is 324 Å². The Balaban J connectivity index is 1.13. The van der Waals surface area contributed by atoms with Crippen LogP contribution in [0.4, 0.5) is 17.1 Å². The van der Waals surface area contributed by atoms with Gasteiger partial charge in [-0.3, -0.25) is 0 Å². The molecule has 4 aliphatic carbocycles. The van der Waals surface area contributed by atoms with Crippen LogP contribution in [-0.2, 0) is 10.8 Å². The number of allylic oxidation sites excluding steroid dienone is 6. The van der Waals surface area contributed by atoms with Gasteiger partial charge in [0.05, 0.1) is 5.41 Å². The van der Waals surface area contributed by atoms with Crippen molar-refractivity contribution in [3.63, 3.8) is 0 Å². The molecule has 0 aliphatic heterocycles. The maximum absolute atomic E-state index is 2.50. The molecule has 1 heteroatoms. The molecule has 1 nitrogen and oxygen atoms in total.